The highest BCUT2D eigenvalue weighted by molar-refractivity contribution is 6.42. The largest absolute Gasteiger partial charge is 0.478 e. The molecule has 2 N–H and O–H groups in total. The van der Waals surface area contributed by atoms with E-state index in [1.165, 1.54) is 0 Å². The topological polar surface area (TPSA) is 91.3 Å². The zero-order valence-electron chi connectivity index (χ0n) is 23.0. The van der Waals surface area contributed by atoms with E-state index in [-0.39, 0.29) is 30.5 Å². The summed E-state index contributed by atoms with van der Waals surface area (Å²) >= 11 is 12.3. The van der Waals surface area contributed by atoms with E-state index in [1.807, 2.05) is 35.2 Å². The van der Waals surface area contributed by atoms with Crippen LogP contribution in [-0.4, -0.2) is 88.0 Å². The van der Waals surface area contributed by atoms with Crippen LogP contribution in [-0.2, 0) is 14.3 Å². The lowest BCUT2D eigenvalue weighted by molar-refractivity contribution is -0.117. The van der Waals surface area contributed by atoms with Crippen molar-refractivity contribution in [3.63, 3.8) is 0 Å². The van der Waals surface area contributed by atoms with Crippen LogP contribution in [0.25, 0.3) is 11.1 Å². The molecule has 1 saturated heterocycles. The summed E-state index contributed by atoms with van der Waals surface area (Å²) in [5.41, 5.74) is 4.05. The Morgan fingerprint density at radius 2 is 1.66 bits per heavy atom. The molecule has 1 aliphatic rings. The number of anilines is 1. The molecule has 3 aromatic rings. The quantitative estimate of drug-likeness (QED) is 0.266. The minimum atomic E-state index is -0.947. The summed E-state index contributed by atoms with van der Waals surface area (Å²) in [6, 6.07) is 20.3. The number of halogens is 2. The van der Waals surface area contributed by atoms with Crippen molar-refractivity contribution in [3.8, 4) is 11.1 Å². The molecule has 1 unspecified atom stereocenters. The number of methoxy groups -OCH3 is 1. The highest BCUT2D eigenvalue weighted by Crippen LogP contribution is 2.27. The van der Waals surface area contributed by atoms with Gasteiger partial charge in [0.2, 0.25) is 0 Å². The van der Waals surface area contributed by atoms with Gasteiger partial charge in [0, 0.05) is 45.0 Å². The molecule has 1 heterocycles. The van der Waals surface area contributed by atoms with Crippen molar-refractivity contribution < 1.29 is 24.2 Å². The van der Waals surface area contributed by atoms with Crippen LogP contribution in [0.4, 0.5) is 5.69 Å². The minimum absolute atomic E-state index is 0.0364. The molecule has 8 nitrogen and oxygen atoms in total. The summed E-state index contributed by atoms with van der Waals surface area (Å²) in [5.74, 6) is -0.911. The van der Waals surface area contributed by atoms with Crippen molar-refractivity contribution in [1.82, 2.24) is 10.2 Å². The van der Waals surface area contributed by atoms with Crippen LogP contribution in [0.5, 0.6) is 0 Å². The first-order valence-corrected chi connectivity index (χ1v) is 14.3. The number of hydrogen-bond donors (Lipinski definition) is 2. The van der Waals surface area contributed by atoms with Gasteiger partial charge in [-0.05, 0) is 47.0 Å². The smallest absolute Gasteiger partial charge is 0.335 e. The molecule has 218 valence electrons. The lowest BCUT2D eigenvalue weighted by Crippen LogP contribution is -2.44. The maximum absolute atomic E-state index is 13.2. The van der Waals surface area contributed by atoms with E-state index in [4.69, 9.17) is 32.7 Å². The molecule has 1 fully saturated rings. The van der Waals surface area contributed by atoms with Crippen LogP contribution in [0.15, 0.2) is 66.7 Å². The minimum Gasteiger partial charge on any atom is -0.478 e. The fourth-order valence-electron chi connectivity index (χ4n) is 4.73. The fraction of sp³-hybridized carbons (Fsp3) is 0.355. The maximum atomic E-state index is 13.2. The van der Waals surface area contributed by atoms with Gasteiger partial charge in [-0.2, -0.15) is 0 Å². The van der Waals surface area contributed by atoms with Crippen LogP contribution in [0.2, 0.25) is 10.0 Å². The summed E-state index contributed by atoms with van der Waals surface area (Å²) in [4.78, 5) is 28.7. The molecular weight excluding hydrogens is 565 g/mol. The average molecular weight is 601 g/mol. The Kier molecular flexibility index (Phi) is 11.6. The normalized spacial score (nSPS) is 14.5. The highest BCUT2D eigenvalue weighted by atomic mass is 35.5. The zero-order valence-corrected chi connectivity index (χ0v) is 24.5. The summed E-state index contributed by atoms with van der Waals surface area (Å²) < 4.78 is 10.8. The van der Waals surface area contributed by atoms with Crippen LogP contribution < -0.4 is 10.2 Å². The number of nitrogens with zero attached hydrogens (tertiary/aromatic N) is 2. The van der Waals surface area contributed by atoms with Gasteiger partial charge in [0.05, 0.1) is 48.5 Å². The standard InChI is InChI=1S/C31H35Cl2N3O5/c1-40-15-14-36(26-10-11-28(32)29(33)18-26)20-27(37)19-34-30(21-35-12-16-41-17-13-35)24-6-2-22(3-7-24)23-4-8-25(9-5-23)31(38)39/h2-11,18,30,34H,12-17,19-21H2,1H3,(H,38,39). The number of carbonyl (C=O) groups is 2. The van der Waals surface area contributed by atoms with E-state index < -0.39 is 5.97 Å². The molecule has 0 saturated carbocycles. The lowest BCUT2D eigenvalue weighted by atomic mass is 9.99. The molecule has 3 aromatic carbocycles. The number of nitrogens with one attached hydrogen (secondary N) is 1. The molecule has 0 radical (unpaired) electrons. The Morgan fingerprint density at radius 3 is 2.27 bits per heavy atom. The first-order valence-electron chi connectivity index (χ1n) is 13.5. The molecule has 10 heteroatoms. The molecule has 0 aromatic heterocycles. The number of hydrogen-bond acceptors (Lipinski definition) is 7. The summed E-state index contributed by atoms with van der Waals surface area (Å²) in [6.07, 6.45) is 0. The third kappa shape index (κ3) is 9.00. The molecule has 4 rings (SSSR count). The van der Waals surface area contributed by atoms with Crippen LogP contribution in [0.1, 0.15) is 22.0 Å². The van der Waals surface area contributed by atoms with Gasteiger partial charge in [0.15, 0.2) is 5.78 Å². The Labute approximate surface area is 250 Å². The Bertz CT molecular complexity index is 1300. The Hall–Kier alpha value is -2.98. The zero-order chi connectivity index (χ0) is 29.2. The fourth-order valence-corrected chi connectivity index (χ4v) is 5.02. The van der Waals surface area contributed by atoms with Gasteiger partial charge in [-0.3, -0.25) is 9.69 Å². The first-order chi connectivity index (χ1) is 19.8. The van der Waals surface area contributed by atoms with Gasteiger partial charge < -0.3 is 24.8 Å². The second kappa shape index (κ2) is 15.3. The van der Waals surface area contributed by atoms with E-state index in [0.29, 0.717) is 36.4 Å². The van der Waals surface area contributed by atoms with E-state index >= 15 is 0 Å². The second-order valence-electron chi connectivity index (χ2n) is 9.90. The number of carboxylic acids is 1. The first kappa shape index (κ1) is 31.0. The lowest BCUT2D eigenvalue weighted by Gasteiger charge is -2.31. The van der Waals surface area contributed by atoms with E-state index in [0.717, 1.165) is 42.0 Å². The van der Waals surface area contributed by atoms with E-state index in [9.17, 15) is 14.7 Å². The van der Waals surface area contributed by atoms with E-state index in [2.05, 4.69) is 22.3 Å². The highest BCUT2D eigenvalue weighted by Gasteiger charge is 2.20. The van der Waals surface area contributed by atoms with Crippen molar-refractivity contribution in [2.24, 2.45) is 0 Å². The van der Waals surface area contributed by atoms with Crippen molar-refractivity contribution in [2.45, 2.75) is 6.04 Å². The summed E-state index contributed by atoms with van der Waals surface area (Å²) in [7, 11) is 1.63. The number of rotatable bonds is 14. The Balaban J connectivity index is 1.45. The number of Topliss-reactive ketones (excluding diaryl/α,β-unsaturated/α-hetero) is 1. The molecule has 0 bridgehead atoms. The molecule has 0 amide bonds. The van der Waals surface area contributed by atoms with Crippen LogP contribution in [0, 0.1) is 0 Å². The van der Waals surface area contributed by atoms with Gasteiger partial charge in [0.1, 0.15) is 0 Å². The molecule has 1 atom stereocenters. The number of aromatic carboxylic acids is 1. The van der Waals surface area contributed by atoms with Gasteiger partial charge in [-0.1, -0.05) is 59.6 Å². The third-order valence-electron chi connectivity index (χ3n) is 7.07. The predicted octanol–water partition coefficient (Wildman–Crippen LogP) is 5.04. The van der Waals surface area contributed by atoms with Gasteiger partial charge in [-0.15, -0.1) is 0 Å². The van der Waals surface area contributed by atoms with Gasteiger partial charge >= 0.3 is 5.97 Å². The SMILES string of the molecule is COCCN(CC(=O)CNC(CN1CCOCC1)c1ccc(-c2ccc(C(=O)O)cc2)cc1)c1ccc(Cl)c(Cl)c1. The molecular formula is C31H35Cl2N3O5. The van der Waals surface area contributed by atoms with Crippen molar-refractivity contribution in [1.29, 1.82) is 0 Å². The van der Waals surface area contributed by atoms with Gasteiger partial charge in [-0.25, -0.2) is 4.79 Å². The summed E-state index contributed by atoms with van der Waals surface area (Å²) in [5, 5.41) is 13.6. The number of morpholine rings is 1. The maximum Gasteiger partial charge on any atom is 0.335 e. The molecule has 0 spiro atoms. The van der Waals surface area contributed by atoms with Crippen molar-refractivity contribution in [2.75, 3.05) is 71.1 Å². The van der Waals surface area contributed by atoms with Gasteiger partial charge in [0.25, 0.3) is 0 Å². The number of ether oxygens (including phenoxy) is 2. The number of ketones is 1. The predicted molar refractivity (Wildman–Crippen MR) is 162 cm³/mol. The summed E-state index contributed by atoms with van der Waals surface area (Å²) in [6.45, 7) is 5.18. The van der Waals surface area contributed by atoms with Crippen LogP contribution >= 0.6 is 23.2 Å². The Morgan fingerprint density at radius 1 is 1.00 bits per heavy atom. The van der Waals surface area contributed by atoms with Crippen molar-refractivity contribution >= 4 is 40.6 Å². The second-order valence-corrected chi connectivity index (χ2v) is 10.7. The van der Waals surface area contributed by atoms with E-state index in [1.54, 1.807) is 31.4 Å². The number of benzene rings is 3. The molecule has 1 aliphatic heterocycles. The van der Waals surface area contributed by atoms with Crippen LogP contribution in [0.3, 0.4) is 0 Å². The third-order valence-corrected chi connectivity index (χ3v) is 7.81. The molecule has 41 heavy (non-hydrogen) atoms. The van der Waals surface area contributed by atoms with Crippen molar-refractivity contribution in [3.05, 3.63) is 87.9 Å². The molecule has 0 aliphatic carbocycles. The number of carbonyl (C=O) groups excluding carboxylic acids is 1. The monoisotopic (exact) mass is 599 g/mol. The number of carboxylic acid groups (broad SMARTS) is 1. The average Bonchev–Trinajstić information content (AvgIpc) is 2.99.